The third-order valence-corrected chi connectivity index (χ3v) is 1.94. The summed E-state index contributed by atoms with van der Waals surface area (Å²) in [5.74, 6) is 0.833. The van der Waals surface area contributed by atoms with Crippen LogP contribution in [0.1, 0.15) is 0 Å². The number of rotatable bonds is 4. The molecule has 0 aliphatic carbocycles. The summed E-state index contributed by atoms with van der Waals surface area (Å²) in [6.07, 6.45) is 3.53. The van der Waals surface area contributed by atoms with Crippen molar-refractivity contribution in [3.05, 3.63) is 30.6 Å². The summed E-state index contributed by atoms with van der Waals surface area (Å²) >= 11 is 7.93. The molecule has 0 rings (SSSR count). The number of thiocarbonyl (C=S) groups is 1. The molecular formula is C7H10MoNS3-. The van der Waals surface area contributed by atoms with Gasteiger partial charge in [0.05, 0.1) is 0 Å². The van der Waals surface area contributed by atoms with Crippen molar-refractivity contribution < 1.29 is 18.0 Å². The van der Waals surface area contributed by atoms with Gasteiger partial charge in [0, 0.05) is 5.75 Å². The Morgan fingerprint density at radius 2 is 2.00 bits per heavy atom. The number of hydrogen-bond donors (Lipinski definition) is 0. The van der Waals surface area contributed by atoms with Crippen LogP contribution in [0.3, 0.4) is 0 Å². The maximum atomic E-state index is 4.89. The Bertz CT molecular complexity index is 136. The Morgan fingerprint density at radius 3 is 2.42 bits per heavy atom. The molecule has 0 aromatic rings. The summed E-state index contributed by atoms with van der Waals surface area (Å²) in [5.41, 5.74) is 0. The fraction of sp³-hybridized carbons (Fsp3) is 0.286. The number of hydrogen-bond acceptors (Lipinski definition) is 3. The minimum absolute atomic E-state index is 0.614. The van der Waals surface area contributed by atoms with Crippen molar-refractivity contribution >= 4 is 38.1 Å². The van der Waals surface area contributed by atoms with Crippen LogP contribution in [0.4, 0.5) is 0 Å². The van der Waals surface area contributed by atoms with Gasteiger partial charge in [-0.15, -0.1) is 37.5 Å². The fourth-order valence-electron chi connectivity index (χ4n) is 0.315. The first-order valence-electron chi connectivity index (χ1n) is 3.04. The second kappa shape index (κ2) is 14.2. The van der Waals surface area contributed by atoms with Crippen LogP contribution in [0.25, 0.3) is 5.32 Å². The van der Waals surface area contributed by atoms with E-state index in [4.69, 9.17) is 12.2 Å². The van der Waals surface area contributed by atoms with Crippen molar-refractivity contribution in [2.45, 2.75) is 0 Å². The molecule has 0 amide bonds. The van der Waals surface area contributed by atoms with Gasteiger partial charge in [0.2, 0.25) is 0 Å². The second-order valence-corrected chi connectivity index (χ2v) is 3.15. The Kier molecular flexibility index (Phi) is 17.8. The van der Waals surface area contributed by atoms with E-state index in [1.54, 1.807) is 12.2 Å². The van der Waals surface area contributed by atoms with Crippen molar-refractivity contribution in [3.63, 3.8) is 0 Å². The van der Waals surface area contributed by atoms with Gasteiger partial charge in [-0.3, -0.25) is 0 Å². The minimum atomic E-state index is 0.614. The van der Waals surface area contributed by atoms with E-state index in [0.29, 0.717) is 10.9 Å². The van der Waals surface area contributed by atoms with Crippen LogP contribution >= 0.6 is 33.8 Å². The Balaban J connectivity index is 0. The monoisotopic (exact) mass is 302 g/mol. The molecule has 0 saturated carbocycles. The fourth-order valence-corrected chi connectivity index (χ4v) is 1.02. The molecule has 0 atom stereocenters. The molecule has 0 fully saturated rings. The number of thioether (sulfide) groups is 1. The Labute approximate surface area is 98.4 Å². The van der Waals surface area contributed by atoms with E-state index >= 15 is 0 Å². The average Bonchev–Trinajstić information content (AvgIpc) is 2.14. The van der Waals surface area contributed by atoms with Gasteiger partial charge in [0.25, 0.3) is 0 Å². The summed E-state index contributed by atoms with van der Waals surface area (Å²) in [6.45, 7) is 7.71. The van der Waals surface area contributed by atoms with Crippen LogP contribution in [0.2, 0.25) is 0 Å². The molecule has 12 heavy (non-hydrogen) atoms. The third kappa shape index (κ3) is 13.2. The van der Waals surface area contributed by atoms with Crippen molar-refractivity contribution in [3.8, 4) is 0 Å². The van der Waals surface area contributed by atoms with Crippen LogP contribution in [0.15, 0.2) is 25.3 Å². The SMILES string of the molecule is C=CC[N-]C(=S)SCC=C.[S]=[Mo]. The molecule has 0 aromatic heterocycles. The molecule has 0 aromatic carbocycles. The Hall–Kier alpha value is 0.628. The van der Waals surface area contributed by atoms with E-state index in [2.05, 4.69) is 28.3 Å². The molecule has 0 spiro atoms. The van der Waals surface area contributed by atoms with Gasteiger partial charge in [0.15, 0.2) is 0 Å². The molecule has 5 heteroatoms. The predicted octanol–water partition coefficient (Wildman–Crippen LogP) is 3.40. The Morgan fingerprint density at radius 1 is 1.42 bits per heavy atom. The molecule has 1 nitrogen and oxygen atoms in total. The maximum absolute atomic E-state index is 4.89. The van der Waals surface area contributed by atoms with Gasteiger partial charge in [-0.25, -0.2) is 0 Å². The molecule has 0 bridgehead atoms. The van der Waals surface area contributed by atoms with Crippen molar-refractivity contribution in [1.82, 2.24) is 0 Å². The summed E-state index contributed by atoms with van der Waals surface area (Å²) in [5, 5.41) is 4.01. The van der Waals surface area contributed by atoms with E-state index in [0.717, 1.165) is 5.75 Å². The molecule has 0 saturated heterocycles. The summed E-state index contributed by atoms with van der Waals surface area (Å²) in [4.78, 5) is 0. The first kappa shape index (κ1) is 15.1. The summed E-state index contributed by atoms with van der Waals surface area (Å²) in [6, 6.07) is 0. The van der Waals surface area contributed by atoms with Crippen LogP contribution in [-0.4, -0.2) is 16.6 Å². The zero-order valence-electron chi connectivity index (χ0n) is 6.56. The molecule has 0 unspecified atom stereocenters. The normalized spacial score (nSPS) is 7.33. The average molecular weight is 300 g/mol. The summed E-state index contributed by atoms with van der Waals surface area (Å²) in [7, 11) is 4.09. The zero-order chi connectivity index (χ0) is 9.82. The van der Waals surface area contributed by atoms with E-state index in [1.165, 1.54) is 29.8 Å². The first-order chi connectivity index (χ1) is 5.81. The standard InChI is InChI=1S/C7H11NS2.Mo.S/c1-3-5-8-7(9)10-6-4-2;;/h3-4H,1-2,5-6H2,(H,8,9);;/p-1. The van der Waals surface area contributed by atoms with Gasteiger partial charge in [-0.05, 0) is 4.32 Å². The van der Waals surface area contributed by atoms with Crippen molar-refractivity contribution in [2.75, 3.05) is 12.3 Å². The van der Waals surface area contributed by atoms with Crippen molar-refractivity contribution in [1.29, 1.82) is 0 Å². The molecule has 0 aliphatic heterocycles. The van der Waals surface area contributed by atoms with Crippen LogP contribution in [0, 0.1) is 0 Å². The quantitative estimate of drug-likeness (QED) is 0.449. The number of nitrogens with zero attached hydrogens (tertiary/aromatic N) is 1. The predicted molar refractivity (Wildman–Crippen MR) is 61.3 cm³/mol. The second-order valence-electron chi connectivity index (χ2n) is 1.49. The van der Waals surface area contributed by atoms with Gasteiger partial charge >= 0.3 is 27.8 Å². The van der Waals surface area contributed by atoms with E-state index in [-0.39, 0.29) is 0 Å². The zero-order valence-corrected chi connectivity index (χ0v) is 11.0. The first-order valence-corrected chi connectivity index (χ1v) is 7.22. The van der Waals surface area contributed by atoms with Crippen LogP contribution in [0.5, 0.6) is 0 Å². The van der Waals surface area contributed by atoms with Gasteiger partial charge in [-0.1, -0.05) is 18.3 Å². The topological polar surface area (TPSA) is 14.1 Å². The molecule has 0 radical (unpaired) electrons. The van der Waals surface area contributed by atoms with E-state index in [9.17, 15) is 0 Å². The third-order valence-electron chi connectivity index (χ3n) is 0.674. The van der Waals surface area contributed by atoms with Gasteiger partial charge in [-0.2, -0.15) is 0 Å². The van der Waals surface area contributed by atoms with Crippen molar-refractivity contribution in [2.24, 2.45) is 0 Å². The molecule has 0 aliphatic rings. The molecule has 0 heterocycles. The van der Waals surface area contributed by atoms with Gasteiger partial charge in [0.1, 0.15) is 0 Å². The summed E-state index contributed by atoms with van der Waals surface area (Å²) < 4.78 is 0.680. The van der Waals surface area contributed by atoms with Gasteiger partial charge < -0.3 is 5.32 Å². The van der Waals surface area contributed by atoms with E-state index in [1.807, 2.05) is 0 Å². The van der Waals surface area contributed by atoms with E-state index < -0.39 is 0 Å². The van der Waals surface area contributed by atoms with Crippen LogP contribution < -0.4 is 0 Å². The molecule has 68 valence electrons. The molecule has 0 N–H and O–H groups in total. The van der Waals surface area contributed by atoms with Crippen LogP contribution in [-0.2, 0) is 18.0 Å². The molecular weight excluding hydrogens is 290 g/mol.